The van der Waals surface area contributed by atoms with Crippen molar-refractivity contribution in [1.29, 1.82) is 0 Å². The summed E-state index contributed by atoms with van der Waals surface area (Å²) < 4.78 is 26.1. The second-order valence-corrected chi connectivity index (χ2v) is 5.38. The van der Waals surface area contributed by atoms with Gasteiger partial charge < -0.3 is 5.32 Å². The Kier molecular flexibility index (Phi) is 3.97. The molecule has 1 aliphatic rings. The van der Waals surface area contributed by atoms with Crippen LogP contribution < -0.4 is 5.32 Å². The van der Waals surface area contributed by atoms with Crippen molar-refractivity contribution in [2.45, 2.75) is 0 Å². The number of nitrogens with one attached hydrogen (secondary N) is 1. The molecule has 0 aliphatic carbocycles. The van der Waals surface area contributed by atoms with Crippen LogP contribution in [-0.2, 0) is 0 Å². The van der Waals surface area contributed by atoms with Gasteiger partial charge >= 0.3 is 0 Å². The second kappa shape index (κ2) is 6.07. The van der Waals surface area contributed by atoms with Crippen molar-refractivity contribution in [3.8, 4) is 0 Å². The third-order valence-electron chi connectivity index (χ3n) is 2.78. The number of nitrogens with zero attached hydrogens (tertiary/aromatic N) is 2. The Hall–Kier alpha value is -2.54. The molecule has 110 valence electrons. The van der Waals surface area contributed by atoms with Crippen LogP contribution in [0.5, 0.6) is 0 Å². The van der Waals surface area contributed by atoms with Crippen molar-refractivity contribution < 1.29 is 13.6 Å². The summed E-state index contributed by atoms with van der Waals surface area (Å²) in [6, 6.07) is 6.90. The van der Waals surface area contributed by atoms with Crippen molar-refractivity contribution in [2.75, 3.05) is 0 Å². The number of carbonyl (C=O) groups is 1. The molecule has 0 saturated carbocycles. The summed E-state index contributed by atoms with van der Waals surface area (Å²) in [6.45, 7) is 0. The first-order valence-electron chi connectivity index (χ1n) is 6.26. The maximum atomic E-state index is 13.2. The molecule has 1 aromatic carbocycles. The van der Waals surface area contributed by atoms with Crippen LogP contribution in [-0.4, -0.2) is 16.1 Å². The summed E-state index contributed by atoms with van der Waals surface area (Å²) >= 11 is 0.980. The Balaban J connectivity index is 1.96. The molecule has 0 atom stereocenters. The fourth-order valence-corrected chi connectivity index (χ4v) is 2.55. The Labute approximate surface area is 129 Å². The molecular formula is C15H9F2N3OS. The molecule has 3 rings (SSSR count). The SMILES string of the molecule is O=C1NC(=Nc2ccc(F)c(F)c2)/C(=C\c2cccnc2)S1. The zero-order valence-corrected chi connectivity index (χ0v) is 11.9. The van der Waals surface area contributed by atoms with Gasteiger partial charge in [0.1, 0.15) is 5.84 Å². The molecule has 1 fully saturated rings. The molecule has 0 unspecified atom stereocenters. The standard InChI is InChI=1S/C15H9F2N3OS/c16-11-4-3-10(7-12(11)17)19-14-13(22-15(21)20-14)6-9-2-1-5-18-8-9/h1-8H,(H,19,20,21)/b13-6+. The zero-order valence-electron chi connectivity index (χ0n) is 11.1. The van der Waals surface area contributed by atoms with E-state index >= 15 is 0 Å². The highest BCUT2D eigenvalue weighted by molar-refractivity contribution is 8.18. The van der Waals surface area contributed by atoms with Gasteiger partial charge in [-0.05, 0) is 41.6 Å². The average Bonchev–Trinajstić information content (AvgIpc) is 2.83. The smallest absolute Gasteiger partial charge is 0.289 e. The fraction of sp³-hybridized carbons (Fsp3) is 0. The molecule has 1 saturated heterocycles. The van der Waals surface area contributed by atoms with E-state index in [-0.39, 0.29) is 10.9 Å². The maximum Gasteiger partial charge on any atom is 0.289 e. The van der Waals surface area contributed by atoms with Gasteiger partial charge in [-0.25, -0.2) is 13.8 Å². The number of amides is 1. The fourth-order valence-electron chi connectivity index (χ4n) is 1.81. The Morgan fingerprint density at radius 2 is 2.09 bits per heavy atom. The first-order valence-corrected chi connectivity index (χ1v) is 7.08. The average molecular weight is 317 g/mol. The van der Waals surface area contributed by atoms with Gasteiger partial charge in [0, 0.05) is 18.5 Å². The van der Waals surface area contributed by atoms with Gasteiger partial charge in [0.05, 0.1) is 10.6 Å². The Morgan fingerprint density at radius 1 is 1.23 bits per heavy atom. The minimum Gasteiger partial charge on any atom is -0.300 e. The van der Waals surface area contributed by atoms with Gasteiger partial charge in [0.25, 0.3) is 5.24 Å². The number of benzene rings is 1. The highest BCUT2D eigenvalue weighted by atomic mass is 32.2. The van der Waals surface area contributed by atoms with E-state index in [9.17, 15) is 13.6 Å². The molecule has 0 spiro atoms. The molecule has 0 radical (unpaired) electrons. The minimum absolute atomic E-state index is 0.216. The van der Waals surface area contributed by atoms with Gasteiger partial charge in [-0.15, -0.1) is 0 Å². The summed E-state index contributed by atoms with van der Waals surface area (Å²) in [7, 11) is 0. The van der Waals surface area contributed by atoms with E-state index in [1.165, 1.54) is 6.07 Å². The van der Waals surface area contributed by atoms with Crippen molar-refractivity contribution in [2.24, 2.45) is 4.99 Å². The van der Waals surface area contributed by atoms with Gasteiger partial charge in [-0.3, -0.25) is 9.78 Å². The van der Waals surface area contributed by atoms with Crippen LogP contribution in [0.4, 0.5) is 19.3 Å². The van der Waals surface area contributed by atoms with E-state index in [0.717, 1.165) is 29.5 Å². The van der Waals surface area contributed by atoms with Gasteiger partial charge in [0.2, 0.25) is 0 Å². The summed E-state index contributed by atoms with van der Waals surface area (Å²) in [4.78, 5) is 20.3. The summed E-state index contributed by atoms with van der Waals surface area (Å²) in [6.07, 6.45) is 5.03. The summed E-state index contributed by atoms with van der Waals surface area (Å²) in [5.41, 5.74) is 1.02. The predicted molar refractivity (Wildman–Crippen MR) is 81.8 cm³/mol. The minimum atomic E-state index is -0.989. The van der Waals surface area contributed by atoms with Crippen molar-refractivity contribution in [1.82, 2.24) is 10.3 Å². The van der Waals surface area contributed by atoms with Crippen LogP contribution in [0.25, 0.3) is 6.08 Å². The van der Waals surface area contributed by atoms with Crippen LogP contribution >= 0.6 is 11.8 Å². The van der Waals surface area contributed by atoms with E-state index in [4.69, 9.17) is 0 Å². The monoisotopic (exact) mass is 317 g/mol. The van der Waals surface area contributed by atoms with E-state index in [2.05, 4.69) is 15.3 Å². The number of carbonyl (C=O) groups excluding carboxylic acids is 1. The number of aliphatic imine (C=N–C) groups is 1. The van der Waals surface area contributed by atoms with Crippen molar-refractivity contribution >= 4 is 34.6 Å². The highest BCUT2D eigenvalue weighted by Crippen LogP contribution is 2.28. The van der Waals surface area contributed by atoms with E-state index in [1.54, 1.807) is 24.5 Å². The van der Waals surface area contributed by atoms with Crippen molar-refractivity contribution in [3.05, 3.63) is 64.8 Å². The number of thioether (sulfide) groups is 1. The first-order chi connectivity index (χ1) is 10.6. The quantitative estimate of drug-likeness (QED) is 0.914. The molecule has 4 nitrogen and oxygen atoms in total. The second-order valence-electron chi connectivity index (χ2n) is 4.37. The molecule has 1 N–H and O–H groups in total. The Bertz CT molecular complexity index is 791. The number of pyridine rings is 1. The normalized spacial score (nSPS) is 18.0. The number of hydrogen-bond acceptors (Lipinski definition) is 4. The van der Waals surface area contributed by atoms with Gasteiger partial charge in [-0.1, -0.05) is 6.07 Å². The number of rotatable bonds is 2. The molecule has 2 aromatic rings. The van der Waals surface area contributed by atoms with Gasteiger partial charge in [0.15, 0.2) is 11.6 Å². The molecule has 1 aromatic heterocycles. The molecule has 7 heteroatoms. The molecule has 1 aliphatic heterocycles. The lowest BCUT2D eigenvalue weighted by molar-refractivity contribution is 0.265. The van der Waals surface area contributed by atoms with Crippen molar-refractivity contribution in [3.63, 3.8) is 0 Å². The largest absolute Gasteiger partial charge is 0.300 e. The van der Waals surface area contributed by atoms with Gasteiger partial charge in [-0.2, -0.15) is 0 Å². The van der Waals surface area contributed by atoms with E-state index in [1.807, 2.05) is 6.07 Å². The lowest BCUT2D eigenvalue weighted by atomic mass is 10.2. The lowest BCUT2D eigenvalue weighted by Crippen LogP contribution is -2.18. The van der Waals surface area contributed by atoms with E-state index in [0.29, 0.717) is 10.7 Å². The maximum absolute atomic E-state index is 13.2. The van der Waals surface area contributed by atoms with Crippen LogP contribution in [0.2, 0.25) is 0 Å². The van der Waals surface area contributed by atoms with Crippen LogP contribution in [0, 0.1) is 11.6 Å². The van der Waals surface area contributed by atoms with Crippen LogP contribution in [0.1, 0.15) is 5.56 Å². The molecule has 0 bridgehead atoms. The molecule has 1 amide bonds. The number of amidine groups is 1. The molecular weight excluding hydrogens is 308 g/mol. The molecule has 22 heavy (non-hydrogen) atoms. The van der Waals surface area contributed by atoms with E-state index < -0.39 is 11.6 Å². The third kappa shape index (κ3) is 3.20. The first kappa shape index (κ1) is 14.4. The molecule has 2 heterocycles. The number of aromatic nitrogens is 1. The highest BCUT2D eigenvalue weighted by Gasteiger charge is 2.23. The Morgan fingerprint density at radius 3 is 2.82 bits per heavy atom. The lowest BCUT2D eigenvalue weighted by Gasteiger charge is -2.00. The zero-order chi connectivity index (χ0) is 15.5. The topological polar surface area (TPSA) is 54.4 Å². The number of halogens is 2. The van der Waals surface area contributed by atoms with Crippen LogP contribution in [0.3, 0.4) is 0 Å². The summed E-state index contributed by atoms with van der Waals surface area (Å²) in [5, 5.41) is 2.29. The number of hydrogen-bond donors (Lipinski definition) is 1. The predicted octanol–water partition coefficient (Wildman–Crippen LogP) is 3.89. The third-order valence-corrected chi connectivity index (χ3v) is 3.60. The summed E-state index contributed by atoms with van der Waals surface area (Å²) in [5.74, 6) is -1.64. The van der Waals surface area contributed by atoms with Crippen LogP contribution in [0.15, 0.2) is 52.6 Å².